The predicted molar refractivity (Wildman–Crippen MR) is 129 cm³/mol. The van der Waals surface area contributed by atoms with E-state index in [0.717, 1.165) is 53.7 Å². The van der Waals surface area contributed by atoms with Crippen LogP contribution < -0.4 is 4.74 Å². The maximum absolute atomic E-state index is 11.5. The minimum absolute atomic E-state index is 0.268. The number of ether oxygens (including phenoxy) is 2. The fourth-order valence-electron chi connectivity index (χ4n) is 3.96. The Morgan fingerprint density at radius 1 is 1.24 bits per heavy atom. The first-order valence-corrected chi connectivity index (χ1v) is 12.3. The van der Waals surface area contributed by atoms with Gasteiger partial charge in [0.15, 0.2) is 0 Å². The summed E-state index contributed by atoms with van der Waals surface area (Å²) in [6.45, 7) is 9.00. The van der Waals surface area contributed by atoms with Crippen molar-refractivity contribution in [2.24, 2.45) is 0 Å². The number of rotatable bonds is 11. The lowest BCUT2D eigenvalue weighted by Crippen LogP contribution is -2.29. The molecular formula is C24H30N4O4S. The third-order valence-electron chi connectivity index (χ3n) is 5.62. The van der Waals surface area contributed by atoms with Crippen LogP contribution in [0.25, 0.3) is 16.6 Å². The van der Waals surface area contributed by atoms with Gasteiger partial charge in [-0.05, 0) is 43.5 Å². The highest BCUT2D eigenvalue weighted by Gasteiger charge is 2.19. The van der Waals surface area contributed by atoms with Crippen LogP contribution in [0, 0.1) is 0 Å². The van der Waals surface area contributed by atoms with Gasteiger partial charge < -0.3 is 19.1 Å². The molecular weight excluding hydrogens is 440 g/mol. The molecule has 1 aromatic carbocycles. The van der Waals surface area contributed by atoms with Crippen LogP contribution in [0.5, 0.6) is 5.19 Å². The SMILES string of the molecule is CCCOCCn1c(CN2CC=C(c3csc(OCC)n3)CC2)nc2ccc(C(=O)O)cc21. The van der Waals surface area contributed by atoms with Gasteiger partial charge in [0.25, 0.3) is 5.19 Å². The van der Waals surface area contributed by atoms with Crippen molar-refractivity contribution >= 4 is 33.9 Å². The van der Waals surface area contributed by atoms with E-state index >= 15 is 0 Å². The summed E-state index contributed by atoms with van der Waals surface area (Å²) in [4.78, 5) is 23.2. The van der Waals surface area contributed by atoms with Crippen molar-refractivity contribution in [1.29, 1.82) is 0 Å². The summed E-state index contributed by atoms with van der Waals surface area (Å²) < 4.78 is 13.3. The van der Waals surface area contributed by atoms with Crippen LogP contribution in [-0.4, -0.2) is 63.4 Å². The van der Waals surface area contributed by atoms with E-state index in [1.165, 1.54) is 16.9 Å². The van der Waals surface area contributed by atoms with Gasteiger partial charge in [-0.3, -0.25) is 4.90 Å². The Kier molecular flexibility index (Phi) is 7.74. The standard InChI is InChI=1S/C24H30N4O4S/c1-3-12-31-13-11-28-21-14-18(23(29)30)5-6-19(21)25-22(28)15-27-9-7-17(8-10-27)20-16-33-24(26-20)32-4-2/h5-7,14,16H,3-4,8-13,15H2,1-2H3,(H,29,30). The zero-order valence-electron chi connectivity index (χ0n) is 19.1. The number of aromatic nitrogens is 3. The van der Waals surface area contributed by atoms with Gasteiger partial charge in [-0.1, -0.05) is 24.3 Å². The van der Waals surface area contributed by atoms with Crippen molar-refractivity contribution in [3.63, 3.8) is 0 Å². The second-order valence-corrected chi connectivity index (χ2v) is 8.77. The van der Waals surface area contributed by atoms with Crippen LogP contribution in [-0.2, 0) is 17.8 Å². The Morgan fingerprint density at radius 3 is 2.85 bits per heavy atom. The molecule has 0 aliphatic carbocycles. The highest BCUT2D eigenvalue weighted by Crippen LogP contribution is 2.28. The molecule has 0 saturated heterocycles. The molecule has 2 aromatic heterocycles. The molecule has 9 heteroatoms. The summed E-state index contributed by atoms with van der Waals surface area (Å²) >= 11 is 1.53. The normalized spacial score (nSPS) is 14.5. The summed E-state index contributed by atoms with van der Waals surface area (Å²) in [5.74, 6) is -0.00607. The van der Waals surface area contributed by atoms with E-state index in [9.17, 15) is 9.90 Å². The summed E-state index contributed by atoms with van der Waals surface area (Å²) in [5, 5.41) is 12.2. The fourth-order valence-corrected chi connectivity index (χ4v) is 4.71. The molecule has 0 bridgehead atoms. The molecule has 3 heterocycles. The summed E-state index contributed by atoms with van der Waals surface area (Å²) in [5.41, 5.74) is 4.17. The average molecular weight is 471 g/mol. The average Bonchev–Trinajstić information content (AvgIpc) is 3.42. The van der Waals surface area contributed by atoms with Crippen LogP contribution in [0.4, 0.5) is 0 Å². The van der Waals surface area contributed by atoms with Gasteiger partial charge in [0, 0.05) is 31.6 Å². The van der Waals surface area contributed by atoms with E-state index in [0.29, 0.717) is 32.9 Å². The minimum Gasteiger partial charge on any atom is -0.478 e. The largest absolute Gasteiger partial charge is 0.478 e. The summed E-state index contributed by atoms with van der Waals surface area (Å²) in [6.07, 6.45) is 4.11. The monoisotopic (exact) mass is 470 g/mol. The zero-order valence-corrected chi connectivity index (χ0v) is 19.9. The van der Waals surface area contributed by atoms with Crippen LogP contribution in [0.1, 0.15) is 48.6 Å². The lowest BCUT2D eigenvalue weighted by Gasteiger charge is -2.25. The number of fused-ring (bicyclic) bond motifs is 1. The molecule has 0 atom stereocenters. The highest BCUT2D eigenvalue weighted by molar-refractivity contribution is 7.11. The van der Waals surface area contributed by atoms with E-state index in [1.54, 1.807) is 18.2 Å². The Morgan fingerprint density at radius 2 is 2.12 bits per heavy atom. The Bertz CT molecular complexity index is 1140. The number of benzene rings is 1. The molecule has 1 aliphatic rings. The molecule has 3 aromatic rings. The molecule has 0 saturated carbocycles. The number of hydrogen-bond donors (Lipinski definition) is 1. The third-order valence-corrected chi connectivity index (χ3v) is 6.37. The van der Waals surface area contributed by atoms with Gasteiger partial charge in [-0.2, -0.15) is 0 Å². The van der Waals surface area contributed by atoms with Crippen molar-refractivity contribution in [2.45, 2.75) is 39.8 Å². The van der Waals surface area contributed by atoms with Crippen molar-refractivity contribution in [3.05, 3.63) is 46.7 Å². The Hall–Kier alpha value is -2.75. The number of hydrogen-bond acceptors (Lipinski definition) is 7. The third kappa shape index (κ3) is 5.61. The number of carboxylic acid groups (broad SMARTS) is 1. The molecule has 0 amide bonds. The predicted octanol–water partition coefficient (Wildman–Crippen LogP) is 4.31. The van der Waals surface area contributed by atoms with E-state index in [4.69, 9.17) is 14.5 Å². The van der Waals surface area contributed by atoms with Gasteiger partial charge in [0.1, 0.15) is 5.82 Å². The number of carbonyl (C=O) groups is 1. The second kappa shape index (κ2) is 10.9. The first kappa shape index (κ1) is 23.4. The van der Waals surface area contributed by atoms with Crippen LogP contribution in [0.3, 0.4) is 0 Å². The molecule has 33 heavy (non-hydrogen) atoms. The number of aromatic carboxylic acids is 1. The maximum Gasteiger partial charge on any atom is 0.335 e. The van der Waals surface area contributed by atoms with E-state index in [-0.39, 0.29) is 5.56 Å². The number of carboxylic acids is 1. The van der Waals surface area contributed by atoms with Crippen molar-refractivity contribution in [3.8, 4) is 5.19 Å². The molecule has 0 fully saturated rings. The first-order chi connectivity index (χ1) is 16.1. The van der Waals surface area contributed by atoms with Gasteiger partial charge in [0.2, 0.25) is 0 Å². The van der Waals surface area contributed by atoms with Gasteiger partial charge >= 0.3 is 5.97 Å². The van der Waals surface area contributed by atoms with Crippen LogP contribution in [0.15, 0.2) is 29.7 Å². The second-order valence-electron chi connectivity index (χ2n) is 7.95. The molecule has 0 spiro atoms. The first-order valence-electron chi connectivity index (χ1n) is 11.4. The fraction of sp³-hybridized carbons (Fsp3) is 0.458. The number of thiazole rings is 1. The summed E-state index contributed by atoms with van der Waals surface area (Å²) in [7, 11) is 0. The molecule has 1 aliphatic heterocycles. The minimum atomic E-state index is -0.934. The molecule has 8 nitrogen and oxygen atoms in total. The topological polar surface area (TPSA) is 89.7 Å². The lowest BCUT2D eigenvalue weighted by atomic mass is 10.1. The zero-order chi connectivity index (χ0) is 23.2. The number of imidazole rings is 1. The molecule has 4 rings (SSSR count). The van der Waals surface area contributed by atoms with Crippen LogP contribution in [0.2, 0.25) is 0 Å². The van der Waals surface area contributed by atoms with Crippen molar-refractivity contribution < 1.29 is 19.4 Å². The Balaban J connectivity index is 1.51. The van der Waals surface area contributed by atoms with Gasteiger partial charge in [-0.15, -0.1) is 0 Å². The van der Waals surface area contributed by atoms with Gasteiger partial charge in [0.05, 0.1) is 42.0 Å². The van der Waals surface area contributed by atoms with E-state index in [2.05, 4.69) is 32.8 Å². The summed E-state index contributed by atoms with van der Waals surface area (Å²) in [6, 6.07) is 5.11. The number of nitrogens with zero attached hydrogens (tertiary/aromatic N) is 4. The van der Waals surface area contributed by atoms with E-state index < -0.39 is 5.97 Å². The molecule has 1 N–H and O–H groups in total. The quantitative estimate of drug-likeness (QED) is 0.418. The van der Waals surface area contributed by atoms with Gasteiger partial charge in [-0.25, -0.2) is 14.8 Å². The Labute approximate surface area is 197 Å². The van der Waals surface area contributed by atoms with E-state index in [1.807, 2.05) is 6.92 Å². The molecule has 176 valence electrons. The van der Waals surface area contributed by atoms with Crippen molar-refractivity contribution in [2.75, 3.05) is 32.9 Å². The molecule has 0 unspecified atom stereocenters. The van der Waals surface area contributed by atoms with Crippen LogP contribution >= 0.6 is 11.3 Å². The maximum atomic E-state index is 11.5. The lowest BCUT2D eigenvalue weighted by molar-refractivity contribution is 0.0697. The smallest absolute Gasteiger partial charge is 0.335 e. The highest BCUT2D eigenvalue weighted by atomic mass is 32.1. The molecule has 0 radical (unpaired) electrons. The van der Waals surface area contributed by atoms with Crippen molar-refractivity contribution in [1.82, 2.24) is 19.4 Å².